The lowest BCUT2D eigenvalue weighted by molar-refractivity contribution is 0.438. The van der Waals surface area contributed by atoms with Crippen LogP contribution >= 0.6 is 0 Å². The van der Waals surface area contributed by atoms with Crippen LogP contribution in [0.25, 0.3) is 16.9 Å². The Hall–Kier alpha value is -4.06. The van der Waals surface area contributed by atoms with Gasteiger partial charge in [-0.15, -0.1) is 0 Å². The third-order valence-electron chi connectivity index (χ3n) is 5.51. The van der Waals surface area contributed by atoms with E-state index in [2.05, 4.69) is 12.1 Å². The molecular formula is C25H22N4O2. The van der Waals surface area contributed by atoms with Gasteiger partial charge in [-0.05, 0) is 36.2 Å². The Labute approximate surface area is 179 Å². The SMILES string of the molecule is Cc1c(N)cccc1-c1cn2c(O)c(Cc3ccco3)nc2c(Cc2ccccc2)n1. The van der Waals surface area contributed by atoms with Gasteiger partial charge in [0.2, 0.25) is 5.88 Å². The van der Waals surface area contributed by atoms with Crippen LogP contribution in [-0.2, 0) is 12.8 Å². The van der Waals surface area contributed by atoms with Gasteiger partial charge < -0.3 is 15.3 Å². The summed E-state index contributed by atoms with van der Waals surface area (Å²) in [5.41, 5.74) is 12.5. The molecule has 0 unspecified atom stereocenters. The first kappa shape index (κ1) is 18.9. The Morgan fingerprint density at radius 1 is 0.935 bits per heavy atom. The van der Waals surface area contributed by atoms with Crippen LogP contribution in [-0.4, -0.2) is 19.5 Å². The van der Waals surface area contributed by atoms with E-state index >= 15 is 0 Å². The fourth-order valence-corrected chi connectivity index (χ4v) is 3.81. The van der Waals surface area contributed by atoms with Gasteiger partial charge in [0.25, 0.3) is 0 Å². The molecule has 0 aliphatic carbocycles. The molecular weight excluding hydrogens is 388 g/mol. The molecule has 0 bridgehead atoms. The van der Waals surface area contributed by atoms with Crippen molar-refractivity contribution in [3.63, 3.8) is 0 Å². The van der Waals surface area contributed by atoms with Crippen LogP contribution in [0, 0.1) is 6.92 Å². The lowest BCUT2D eigenvalue weighted by Gasteiger charge is -2.11. The number of aromatic nitrogens is 3. The van der Waals surface area contributed by atoms with Crippen molar-refractivity contribution in [2.24, 2.45) is 0 Å². The lowest BCUT2D eigenvalue weighted by Crippen LogP contribution is -2.02. The molecule has 6 nitrogen and oxygen atoms in total. The van der Waals surface area contributed by atoms with Crippen molar-refractivity contribution in [2.45, 2.75) is 19.8 Å². The topological polar surface area (TPSA) is 89.6 Å². The summed E-state index contributed by atoms with van der Waals surface area (Å²) in [6, 6.07) is 19.6. The van der Waals surface area contributed by atoms with Gasteiger partial charge in [-0.3, -0.25) is 4.40 Å². The highest BCUT2D eigenvalue weighted by atomic mass is 16.3. The van der Waals surface area contributed by atoms with Crippen LogP contribution in [0.2, 0.25) is 0 Å². The Morgan fingerprint density at radius 3 is 2.55 bits per heavy atom. The summed E-state index contributed by atoms with van der Waals surface area (Å²) >= 11 is 0. The summed E-state index contributed by atoms with van der Waals surface area (Å²) in [6.45, 7) is 1.98. The van der Waals surface area contributed by atoms with E-state index in [1.54, 1.807) is 10.7 Å². The zero-order chi connectivity index (χ0) is 21.4. The van der Waals surface area contributed by atoms with E-state index in [1.807, 2.05) is 61.7 Å². The van der Waals surface area contributed by atoms with Gasteiger partial charge in [0.05, 0.1) is 24.1 Å². The van der Waals surface area contributed by atoms with Gasteiger partial charge in [0.15, 0.2) is 5.65 Å². The average Bonchev–Trinajstić information content (AvgIpc) is 3.40. The summed E-state index contributed by atoms with van der Waals surface area (Å²) in [5.74, 6) is 0.828. The quantitative estimate of drug-likeness (QED) is 0.408. The normalized spacial score (nSPS) is 11.3. The summed E-state index contributed by atoms with van der Waals surface area (Å²) in [5, 5.41) is 11.0. The molecule has 0 aliphatic heterocycles. The smallest absolute Gasteiger partial charge is 0.219 e. The van der Waals surface area contributed by atoms with Crippen LogP contribution in [0.15, 0.2) is 77.5 Å². The minimum Gasteiger partial charge on any atom is -0.493 e. The minimum absolute atomic E-state index is 0.0888. The number of furan rings is 1. The highest BCUT2D eigenvalue weighted by Gasteiger charge is 2.19. The van der Waals surface area contributed by atoms with Crippen LogP contribution in [0.3, 0.4) is 0 Å². The highest BCUT2D eigenvalue weighted by molar-refractivity contribution is 5.71. The minimum atomic E-state index is 0.0888. The van der Waals surface area contributed by atoms with E-state index in [4.69, 9.17) is 20.1 Å². The molecule has 0 fully saturated rings. The predicted octanol–water partition coefficient (Wildman–Crippen LogP) is 4.77. The number of benzene rings is 2. The number of hydrogen-bond donors (Lipinski definition) is 2. The third-order valence-corrected chi connectivity index (χ3v) is 5.51. The standard InChI is InChI=1S/C25H22N4O2/c1-16-19(10-5-11-20(16)26)23-15-29-24(21(27-23)13-17-7-3-2-4-8-17)28-22(25(29)30)14-18-9-6-12-31-18/h2-12,15,30H,13-14,26H2,1H3. The first-order chi connectivity index (χ1) is 15.1. The molecule has 5 rings (SSSR count). The van der Waals surface area contributed by atoms with Gasteiger partial charge in [0.1, 0.15) is 11.5 Å². The number of rotatable bonds is 5. The average molecular weight is 410 g/mol. The number of anilines is 1. The molecule has 0 atom stereocenters. The number of nitrogens with two attached hydrogens (primary N) is 1. The van der Waals surface area contributed by atoms with Crippen LogP contribution in [0.4, 0.5) is 5.69 Å². The van der Waals surface area contributed by atoms with E-state index < -0.39 is 0 Å². The van der Waals surface area contributed by atoms with Gasteiger partial charge in [-0.25, -0.2) is 9.97 Å². The molecule has 0 aliphatic rings. The summed E-state index contributed by atoms with van der Waals surface area (Å²) in [4.78, 5) is 9.67. The molecule has 2 aromatic carbocycles. The van der Waals surface area contributed by atoms with Crippen molar-refractivity contribution in [2.75, 3.05) is 5.73 Å². The summed E-state index contributed by atoms with van der Waals surface area (Å²) in [7, 11) is 0. The Morgan fingerprint density at radius 2 is 1.77 bits per heavy atom. The molecule has 0 saturated carbocycles. The van der Waals surface area contributed by atoms with Crippen LogP contribution in [0.1, 0.15) is 28.3 Å². The summed E-state index contributed by atoms with van der Waals surface area (Å²) < 4.78 is 7.16. The molecule has 3 N–H and O–H groups in total. The maximum Gasteiger partial charge on any atom is 0.219 e. The van der Waals surface area contributed by atoms with E-state index in [9.17, 15) is 5.11 Å². The van der Waals surface area contributed by atoms with Gasteiger partial charge in [-0.2, -0.15) is 0 Å². The monoisotopic (exact) mass is 410 g/mol. The largest absolute Gasteiger partial charge is 0.493 e. The maximum atomic E-state index is 11.0. The maximum absolute atomic E-state index is 11.0. The van der Waals surface area contributed by atoms with Crippen molar-refractivity contribution in [1.82, 2.24) is 14.4 Å². The molecule has 0 radical (unpaired) electrons. The first-order valence-electron chi connectivity index (χ1n) is 10.1. The molecule has 0 amide bonds. The van der Waals surface area contributed by atoms with Crippen LogP contribution in [0.5, 0.6) is 5.88 Å². The van der Waals surface area contributed by atoms with E-state index in [-0.39, 0.29) is 5.88 Å². The number of hydrogen-bond acceptors (Lipinski definition) is 5. The lowest BCUT2D eigenvalue weighted by atomic mass is 10.0. The summed E-state index contributed by atoms with van der Waals surface area (Å²) in [6.07, 6.45) is 4.43. The van der Waals surface area contributed by atoms with Crippen molar-refractivity contribution in [3.8, 4) is 17.1 Å². The van der Waals surface area contributed by atoms with E-state index in [1.165, 1.54) is 0 Å². The van der Waals surface area contributed by atoms with Gasteiger partial charge in [-0.1, -0.05) is 42.5 Å². The molecule has 3 heterocycles. The number of aromatic hydroxyl groups is 1. The number of fused-ring (bicyclic) bond motifs is 1. The van der Waals surface area contributed by atoms with Crippen LogP contribution < -0.4 is 5.73 Å². The second-order valence-corrected chi connectivity index (χ2v) is 7.59. The Balaban J connectivity index is 1.70. The molecule has 154 valence electrons. The molecule has 5 aromatic rings. The van der Waals surface area contributed by atoms with E-state index in [0.717, 1.165) is 33.8 Å². The number of imidazole rings is 1. The molecule has 3 aromatic heterocycles. The number of nitrogens with zero attached hydrogens (tertiary/aromatic N) is 3. The van der Waals surface area contributed by atoms with Crippen molar-refractivity contribution in [3.05, 3.63) is 101 Å². The van der Waals surface area contributed by atoms with Gasteiger partial charge in [0, 0.05) is 23.9 Å². The second kappa shape index (κ2) is 7.65. The van der Waals surface area contributed by atoms with Crippen molar-refractivity contribution < 1.29 is 9.52 Å². The van der Waals surface area contributed by atoms with Crippen molar-refractivity contribution in [1.29, 1.82) is 0 Å². The zero-order valence-corrected chi connectivity index (χ0v) is 17.1. The number of nitrogen functional groups attached to an aromatic ring is 1. The zero-order valence-electron chi connectivity index (χ0n) is 17.1. The molecule has 0 saturated heterocycles. The fraction of sp³-hybridized carbons (Fsp3) is 0.120. The highest BCUT2D eigenvalue weighted by Crippen LogP contribution is 2.30. The molecule has 6 heteroatoms. The van der Waals surface area contributed by atoms with Crippen molar-refractivity contribution >= 4 is 11.3 Å². The Bertz CT molecular complexity index is 1360. The molecule has 31 heavy (non-hydrogen) atoms. The molecule has 0 spiro atoms. The third kappa shape index (κ3) is 3.53. The predicted molar refractivity (Wildman–Crippen MR) is 120 cm³/mol. The Kier molecular flexibility index (Phi) is 4.67. The fourth-order valence-electron chi connectivity index (χ4n) is 3.81. The second-order valence-electron chi connectivity index (χ2n) is 7.59. The van der Waals surface area contributed by atoms with Gasteiger partial charge >= 0.3 is 0 Å². The first-order valence-corrected chi connectivity index (χ1v) is 10.1. The van der Waals surface area contributed by atoms with E-state index in [0.29, 0.717) is 29.9 Å².